The fourth-order valence-electron chi connectivity index (χ4n) is 3.83. The summed E-state index contributed by atoms with van der Waals surface area (Å²) in [6.45, 7) is 0. The molecule has 1 heterocycles. The Balaban J connectivity index is 1.92. The summed E-state index contributed by atoms with van der Waals surface area (Å²) in [5.74, 6) is 0. The molecule has 1 fully saturated rings. The average molecular weight is 285 g/mol. The van der Waals surface area contributed by atoms with Crippen LogP contribution in [0.3, 0.4) is 0 Å². The maximum atomic E-state index is 3.63. The smallest absolute Gasteiger partial charge is 0.0202 e. The molecule has 1 saturated carbocycles. The van der Waals surface area contributed by atoms with E-state index in [4.69, 9.17) is 0 Å². The van der Waals surface area contributed by atoms with E-state index in [-0.39, 0.29) is 0 Å². The number of nitrogens with one attached hydrogen (secondary N) is 1. The predicted molar refractivity (Wildman–Crippen MR) is 87.5 cm³/mol. The third kappa shape index (κ3) is 2.55. The summed E-state index contributed by atoms with van der Waals surface area (Å²) in [6, 6.07) is 13.9. The van der Waals surface area contributed by atoms with Gasteiger partial charge in [-0.15, -0.1) is 0 Å². The van der Waals surface area contributed by atoms with Crippen molar-refractivity contribution in [2.45, 2.75) is 43.6 Å². The van der Waals surface area contributed by atoms with Crippen molar-refractivity contribution in [1.29, 1.82) is 0 Å². The number of rotatable bonds is 5. The fraction of sp³-hybridized carbons (Fsp3) is 0.444. The average Bonchev–Trinajstić information content (AvgIpc) is 3.18. The van der Waals surface area contributed by atoms with Crippen molar-refractivity contribution in [2.24, 2.45) is 0 Å². The Kier molecular flexibility index (Phi) is 4.23. The summed E-state index contributed by atoms with van der Waals surface area (Å²) in [5, 5.41) is 8.10. The van der Waals surface area contributed by atoms with Crippen molar-refractivity contribution in [1.82, 2.24) is 5.32 Å². The van der Waals surface area contributed by atoms with Gasteiger partial charge >= 0.3 is 0 Å². The van der Waals surface area contributed by atoms with Gasteiger partial charge in [-0.3, -0.25) is 0 Å². The third-order valence-corrected chi connectivity index (χ3v) is 5.61. The molecule has 0 saturated heterocycles. The molecule has 3 rings (SSSR count). The molecule has 0 spiro atoms. The largest absolute Gasteiger partial charge is 0.316 e. The van der Waals surface area contributed by atoms with E-state index in [1.54, 1.807) is 11.3 Å². The molecule has 1 aromatic heterocycles. The zero-order valence-corrected chi connectivity index (χ0v) is 13.0. The minimum atomic E-state index is 0.317. The van der Waals surface area contributed by atoms with Gasteiger partial charge in [0.15, 0.2) is 0 Å². The van der Waals surface area contributed by atoms with Crippen molar-refractivity contribution in [3.63, 3.8) is 0 Å². The van der Waals surface area contributed by atoms with Crippen LogP contribution in [-0.4, -0.2) is 13.1 Å². The molecule has 1 N–H and O–H groups in total. The molecule has 1 aliphatic rings. The molecule has 2 heteroatoms. The highest BCUT2D eigenvalue weighted by molar-refractivity contribution is 7.07. The lowest BCUT2D eigenvalue weighted by Gasteiger charge is -2.38. The Labute approximate surface area is 126 Å². The van der Waals surface area contributed by atoms with Crippen LogP contribution >= 0.6 is 11.3 Å². The van der Waals surface area contributed by atoms with Gasteiger partial charge in [-0.1, -0.05) is 43.2 Å². The second-order valence-corrected chi connectivity index (χ2v) is 6.69. The standard InChI is InChI=1S/C18H23NS/c1-19-17(13-15-9-12-20-14-15)18(10-5-6-11-18)16-7-3-2-4-8-16/h2-4,7-9,12,14,17,19H,5-6,10-11,13H2,1H3. The minimum absolute atomic E-state index is 0.317. The van der Waals surface area contributed by atoms with Gasteiger partial charge in [0.05, 0.1) is 0 Å². The Hall–Kier alpha value is -1.12. The monoisotopic (exact) mass is 285 g/mol. The van der Waals surface area contributed by atoms with Gasteiger partial charge in [0.2, 0.25) is 0 Å². The second-order valence-electron chi connectivity index (χ2n) is 5.91. The number of benzene rings is 1. The first-order chi connectivity index (χ1) is 9.85. The predicted octanol–water partition coefficient (Wildman–Crippen LogP) is 4.39. The van der Waals surface area contributed by atoms with Crippen LogP contribution in [-0.2, 0) is 11.8 Å². The molecule has 0 bridgehead atoms. The van der Waals surface area contributed by atoms with Crippen LogP contribution in [0.2, 0.25) is 0 Å². The maximum absolute atomic E-state index is 3.63. The molecule has 1 atom stereocenters. The number of hydrogen-bond donors (Lipinski definition) is 1. The lowest BCUT2D eigenvalue weighted by atomic mass is 9.71. The highest BCUT2D eigenvalue weighted by Gasteiger charge is 2.41. The van der Waals surface area contributed by atoms with Crippen LogP contribution < -0.4 is 5.32 Å². The van der Waals surface area contributed by atoms with Gasteiger partial charge < -0.3 is 5.32 Å². The van der Waals surface area contributed by atoms with E-state index in [9.17, 15) is 0 Å². The van der Waals surface area contributed by atoms with Crippen LogP contribution in [0.25, 0.3) is 0 Å². The molecule has 1 aromatic carbocycles. The zero-order valence-electron chi connectivity index (χ0n) is 12.1. The highest BCUT2D eigenvalue weighted by atomic mass is 32.1. The van der Waals surface area contributed by atoms with E-state index in [1.165, 1.54) is 36.8 Å². The van der Waals surface area contributed by atoms with E-state index in [0.717, 1.165) is 6.42 Å². The van der Waals surface area contributed by atoms with Gasteiger partial charge in [0.25, 0.3) is 0 Å². The summed E-state index contributed by atoms with van der Waals surface area (Å²) in [6.07, 6.45) is 6.47. The number of likely N-dealkylation sites (N-methyl/N-ethyl adjacent to an activating group) is 1. The molecule has 1 nitrogen and oxygen atoms in total. The van der Waals surface area contributed by atoms with E-state index >= 15 is 0 Å². The molecule has 0 aliphatic heterocycles. The van der Waals surface area contributed by atoms with Gasteiger partial charge in [-0.05, 0) is 54.3 Å². The summed E-state index contributed by atoms with van der Waals surface area (Å²) in [5.41, 5.74) is 3.31. The number of hydrogen-bond acceptors (Lipinski definition) is 2. The zero-order chi connectivity index (χ0) is 13.8. The summed E-state index contributed by atoms with van der Waals surface area (Å²) < 4.78 is 0. The lowest BCUT2D eigenvalue weighted by Crippen LogP contribution is -2.46. The van der Waals surface area contributed by atoms with Crippen LogP contribution in [0.5, 0.6) is 0 Å². The summed E-state index contributed by atoms with van der Waals surface area (Å²) >= 11 is 1.80. The summed E-state index contributed by atoms with van der Waals surface area (Å²) in [4.78, 5) is 0. The van der Waals surface area contributed by atoms with Gasteiger partial charge in [0.1, 0.15) is 0 Å². The van der Waals surface area contributed by atoms with Crippen LogP contribution in [0, 0.1) is 0 Å². The van der Waals surface area contributed by atoms with Crippen molar-refractivity contribution < 1.29 is 0 Å². The van der Waals surface area contributed by atoms with Crippen molar-refractivity contribution in [2.75, 3.05) is 7.05 Å². The Morgan fingerprint density at radius 3 is 2.50 bits per heavy atom. The van der Waals surface area contributed by atoms with E-state index in [2.05, 4.69) is 59.5 Å². The van der Waals surface area contributed by atoms with Crippen LogP contribution in [0.1, 0.15) is 36.8 Å². The van der Waals surface area contributed by atoms with Crippen molar-refractivity contribution >= 4 is 11.3 Å². The van der Waals surface area contributed by atoms with E-state index in [1.807, 2.05) is 0 Å². The fourth-order valence-corrected chi connectivity index (χ4v) is 4.51. The first kappa shape index (κ1) is 13.8. The molecular formula is C18H23NS. The molecule has 0 amide bonds. The molecule has 1 aliphatic carbocycles. The van der Waals surface area contributed by atoms with Crippen LogP contribution in [0.15, 0.2) is 47.2 Å². The first-order valence-electron chi connectivity index (χ1n) is 7.59. The Bertz CT molecular complexity index is 512. The second kappa shape index (κ2) is 6.11. The maximum Gasteiger partial charge on any atom is 0.0202 e. The van der Waals surface area contributed by atoms with E-state index in [0.29, 0.717) is 11.5 Å². The molecule has 0 radical (unpaired) electrons. The van der Waals surface area contributed by atoms with Gasteiger partial charge in [0, 0.05) is 11.5 Å². The van der Waals surface area contributed by atoms with Gasteiger partial charge in [-0.2, -0.15) is 11.3 Å². The molecule has 106 valence electrons. The molecule has 1 unspecified atom stereocenters. The third-order valence-electron chi connectivity index (χ3n) is 4.88. The van der Waals surface area contributed by atoms with Crippen molar-refractivity contribution in [3.05, 3.63) is 58.3 Å². The van der Waals surface area contributed by atoms with Crippen molar-refractivity contribution in [3.8, 4) is 0 Å². The van der Waals surface area contributed by atoms with Crippen LogP contribution in [0.4, 0.5) is 0 Å². The number of thiophene rings is 1. The minimum Gasteiger partial charge on any atom is -0.316 e. The topological polar surface area (TPSA) is 12.0 Å². The Morgan fingerprint density at radius 1 is 1.15 bits per heavy atom. The van der Waals surface area contributed by atoms with Gasteiger partial charge in [-0.25, -0.2) is 0 Å². The molecule has 20 heavy (non-hydrogen) atoms. The molecular weight excluding hydrogens is 262 g/mol. The van der Waals surface area contributed by atoms with E-state index < -0.39 is 0 Å². The highest BCUT2D eigenvalue weighted by Crippen LogP contribution is 2.44. The SMILES string of the molecule is CNC(Cc1ccsc1)C1(c2ccccc2)CCCC1. The quantitative estimate of drug-likeness (QED) is 0.859. The Morgan fingerprint density at radius 2 is 1.90 bits per heavy atom. The lowest BCUT2D eigenvalue weighted by molar-refractivity contribution is 0.307. The first-order valence-corrected chi connectivity index (χ1v) is 8.53. The normalized spacial score (nSPS) is 19.1. The molecule has 2 aromatic rings. The summed E-state index contributed by atoms with van der Waals surface area (Å²) in [7, 11) is 2.13.